The van der Waals surface area contributed by atoms with E-state index < -0.39 is 0 Å². The number of benzene rings is 1. The van der Waals surface area contributed by atoms with Crippen molar-refractivity contribution >= 4 is 17.6 Å². The zero-order valence-electron chi connectivity index (χ0n) is 14.6. The van der Waals surface area contributed by atoms with Gasteiger partial charge in [0.25, 0.3) is 0 Å². The van der Waals surface area contributed by atoms with Crippen LogP contribution in [0.5, 0.6) is 0 Å². The van der Waals surface area contributed by atoms with Gasteiger partial charge in [-0.2, -0.15) is 0 Å². The lowest BCUT2D eigenvalue weighted by atomic mass is 9.86. The van der Waals surface area contributed by atoms with Crippen molar-refractivity contribution in [3.63, 3.8) is 0 Å². The Bertz CT molecular complexity index is 605. The monoisotopic (exact) mass is 329 g/mol. The molecule has 24 heavy (non-hydrogen) atoms. The summed E-state index contributed by atoms with van der Waals surface area (Å²) in [4.78, 5) is 26.6. The maximum Gasteiger partial charge on any atom is 0.338 e. The zero-order valence-corrected chi connectivity index (χ0v) is 14.6. The molecule has 2 aliphatic rings. The van der Waals surface area contributed by atoms with Gasteiger partial charge in [-0.15, -0.1) is 0 Å². The molecule has 1 amide bonds. The Kier molecular flexibility index (Phi) is 5.54. The number of carbonyl (C=O) groups excluding carboxylic acids is 2. The molecule has 0 unspecified atom stereocenters. The van der Waals surface area contributed by atoms with Crippen molar-refractivity contribution in [2.75, 3.05) is 18.6 Å². The number of rotatable bonds is 4. The Balaban J connectivity index is 1.71. The summed E-state index contributed by atoms with van der Waals surface area (Å²) in [5, 5.41) is 0. The molecular formula is C20H27NO3. The smallest absolute Gasteiger partial charge is 0.338 e. The number of carbonyl (C=O) groups is 2. The fourth-order valence-corrected chi connectivity index (χ4v) is 4.12. The fourth-order valence-electron chi connectivity index (χ4n) is 4.12. The van der Waals surface area contributed by atoms with Gasteiger partial charge >= 0.3 is 5.97 Å². The summed E-state index contributed by atoms with van der Waals surface area (Å²) in [6.07, 6.45) is 9.87. The van der Waals surface area contributed by atoms with Crippen LogP contribution in [0, 0.1) is 5.92 Å². The molecular weight excluding hydrogens is 302 g/mol. The van der Waals surface area contributed by atoms with E-state index in [4.69, 9.17) is 4.74 Å². The molecule has 1 heterocycles. The predicted octanol–water partition coefficient (Wildman–Crippen LogP) is 4.11. The van der Waals surface area contributed by atoms with E-state index >= 15 is 0 Å². The molecule has 130 valence electrons. The van der Waals surface area contributed by atoms with Gasteiger partial charge in [0, 0.05) is 18.7 Å². The van der Waals surface area contributed by atoms with Gasteiger partial charge in [-0.3, -0.25) is 4.79 Å². The van der Waals surface area contributed by atoms with Gasteiger partial charge in [-0.05, 0) is 42.9 Å². The van der Waals surface area contributed by atoms with Crippen LogP contribution in [-0.2, 0) is 16.0 Å². The van der Waals surface area contributed by atoms with Crippen LogP contribution < -0.4 is 4.90 Å². The van der Waals surface area contributed by atoms with Gasteiger partial charge in [-0.1, -0.05) is 38.2 Å². The number of anilines is 1. The van der Waals surface area contributed by atoms with Gasteiger partial charge in [0.05, 0.1) is 12.7 Å². The maximum atomic E-state index is 12.8. The maximum absolute atomic E-state index is 12.8. The Morgan fingerprint density at radius 2 is 1.96 bits per heavy atom. The van der Waals surface area contributed by atoms with Crippen LogP contribution in [0.2, 0.25) is 0 Å². The number of methoxy groups -OCH3 is 1. The molecule has 1 aliphatic heterocycles. The Hall–Kier alpha value is -1.84. The van der Waals surface area contributed by atoms with E-state index in [0.717, 1.165) is 37.1 Å². The zero-order chi connectivity index (χ0) is 16.9. The summed E-state index contributed by atoms with van der Waals surface area (Å²) in [6, 6.07) is 5.60. The number of fused-ring (bicyclic) bond motifs is 1. The van der Waals surface area contributed by atoms with Crippen molar-refractivity contribution in [3.05, 3.63) is 29.3 Å². The summed E-state index contributed by atoms with van der Waals surface area (Å²) >= 11 is 0. The molecule has 1 aliphatic carbocycles. The number of amides is 1. The molecule has 0 bridgehead atoms. The van der Waals surface area contributed by atoms with E-state index in [1.165, 1.54) is 39.2 Å². The van der Waals surface area contributed by atoms with Crippen molar-refractivity contribution in [1.29, 1.82) is 0 Å². The third-order valence-corrected chi connectivity index (χ3v) is 5.45. The molecule has 1 fully saturated rings. The van der Waals surface area contributed by atoms with Gasteiger partial charge in [-0.25, -0.2) is 4.79 Å². The molecule has 0 N–H and O–H groups in total. The second-order valence-electron chi connectivity index (χ2n) is 6.99. The molecule has 0 aromatic heterocycles. The van der Waals surface area contributed by atoms with Crippen molar-refractivity contribution in [2.45, 2.75) is 57.8 Å². The van der Waals surface area contributed by atoms with Crippen molar-refractivity contribution in [3.8, 4) is 0 Å². The summed E-state index contributed by atoms with van der Waals surface area (Å²) in [7, 11) is 1.40. The van der Waals surface area contributed by atoms with Crippen LogP contribution >= 0.6 is 0 Å². The largest absolute Gasteiger partial charge is 0.465 e. The normalized spacial score (nSPS) is 18.1. The van der Waals surface area contributed by atoms with Crippen LogP contribution in [-0.4, -0.2) is 25.5 Å². The average Bonchev–Trinajstić information content (AvgIpc) is 2.65. The lowest BCUT2D eigenvalue weighted by Crippen LogP contribution is -2.36. The second kappa shape index (κ2) is 7.82. The first-order valence-corrected chi connectivity index (χ1v) is 9.21. The molecule has 4 heteroatoms. The Labute approximate surface area is 144 Å². The Morgan fingerprint density at radius 1 is 1.17 bits per heavy atom. The van der Waals surface area contributed by atoms with Gasteiger partial charge in [0.1, 0.15) is 0 Å². The summed E-state index contributed by atoms with van der Waals surface area (Å²) < 4.78 is 4.88. The number of ether oxygens (including phenoxy) is 1. The van der Waals surface area contributed by atoms with Crippen LogP contribution in [0.25, 0.3) is 0 Å². The number of nitrogens with zero attached hydrogens (tertiary/aromatic N) is 1. The van der Waals surface area contributed by atoms with E-state index in [0.29, 0.717) is 17.9 Å². The van der Waals surface area contributed by atoms with Gasteiger partial charge < -0.3 is 9.64 Å². The highest BCUT2D eigenvalue weighted by molar-refractivity contribution is 5.98. The van der Waals surface area contributed by atoms with E-state index in [-0.39, 0.29) is 11.9 Å². The van der Waals surface area contributed by atoms with Crippen molar-refractivity contribution in [1.82, 2.24) is 0 Å². The molecule has 0 radical (unpaired) electrons. The van der Waals surface area contributed by atoms with E-state index in [1.807, 2.05) is 17.0 Å². The van der Waals surface area contributed by atoms with Gasteiger partial charge in [0.15, 0.2) is 0 Å². The summed E-state index contributed by atoms with van der Waals surface area (Å²) in [5.41, 5.74) is 2.46. The molecule has 1 aromatic rings. The second-order valence-corrected chi connectivity index (χ2v) is 6.99. The van der Waals surface area contributed by atoms with Crippen LogP contribution in [0.3, 0.4) is 0 Å². The number of hydrogen-bond donors (Lipinski definition) is 0. The molecule has 0 saturated heterocycles. The SMILES string of the molecule is COC(=O)c1cccc2c1CCCN2C(=O)CCC1CCCCC1. The third kappa shape index (κ3) is 3.63. The minimum atomic E-state index is -0.316. The quantitative estimate of drug-likeness (QED) is 0.781. The minimum absolute atomic E-state index is 0.198. The lowest BCUT2D eigenvalue weighted by Gasteiger charge is -2.31. The molecule has 3 rings (SSSR count). The molecule has 1 aromatic carbocycles. The van der Waals surface area contributed by atoms with Gasteiger partial charge in [0.2, 0.25) is 5.91 Å². The average molecular weight is 329 g/mol. The van der Waals surface area contributed by atoms with E-state index in [2.05, 4.69) is 0 Å². The topological polar surface area (TPSA) is 46.6 Å². The highest BCUT2D eigenvalue weighted by Crippen LogP contribution is 2.32. The third-order valence-electron chi connectivity index (χ3n) is 5.45. The first kappa shape index (κ1) is 17.0. The van der Waals surface area contributed by atoms with Crippen molar-refractivity contribution < 1.29 is 14.3 Å². The highest BCUT2D eigenvalue weighted by atomic mass is 16.5. The van der Waals surface area contributed by atoms with Crippen LogP contribution in [0.15, 0.2) is 18.2 Å². The predicted molar refractivity (Wildman–Crippen MR) is 94.3 cm³/mol. The van der Waals surface area contributed by atoms with Crippen LogP contribution in [0.4, 0.5) is 5.69 Å². The summed E-state index contributed by atoms with van der Waals surface area (Å²) in [6.45, 7) is 0.751. The highest BCUT2D eigenvalue weighted by Gasteiger charge is 2.26. The van der Waals surface area contributed by atoms with E-state index in [9.17, 15) is 9.59 Å². The van der Waals surface area contributed by atoms with E-state index in [1.54, 1.807) is 6.07 Å². The standard InChI is InChI=1S/C20H27NO3/c1-24-20(23)17-9-5-11-18-16(17)10-6-14-21(18)19(22)13-12-15-7-3-2-4-8-15/h5,9,11,15H,2-4,6-8,10,12-14H2,1H3. The molecule has 4 nitrogen and oxygen atoms in total. The minimum Gasteiger partial charge on any atom is -0.465 e. The first-order valence-electron chi connectivity index (χ1n) is 9.21. The number of esters is 1. The van der Waals surface area contributed by atoms with Crippen molar-refractivity contribution in [2.24, 2.45) is 5.92 Å². The molecule has 0 spiro atoms. The summed E-state index contributed by atoms with van der Waals surface area (Å²) in [5.74, 6) is 0.597. The number of hydrogen-bond acceptors (Lipinski definition) is 3. The Morgan fingerprint density at radius 3 is 2.71 bits per heavy atom. The first-order chi connectivity index (χ1) is 11.7. The fraction of sp³-hybridized carbons (Fsp3) is 0.600. The van der Waals surface area contributed by atoms with Crippen LogP contribution in [0.1, 0.15) is 67.3 Å². The lowest BCUT2D eigenvalue weighted by molar-refractivity contribution is -0.119. The molecule has 1 saturated carbocycles. The molecule has 0 atom stereocenters.